The maximum Gasteiger partial charge on any atom is 0.266 e. The van der Waals surface area contributed by atoms with Crippen LogP contribution in [0.4, 0.5) is 11.4 Å². The van der Waals surface area contributed by atoms with Gasteiger partial charge < -0.3 is 19.5 Å². The Morgan fingerprint density at radius 1 is 1.06 bits per heavy atom. The van der Waals surface area contributed by atoms with Crippen LogP contribution in [0.5, 0.6) is 0 Å². The molecule has 0 atom stereocenters. The molecule has 6 nitrogen and oxygen atoms in total. The van der Waals surface area contributed by atoms with Crippen LogP contribution in [0.15, 0.2) is 64.6 Å². The summed E-state index contributed by atoms with van der Waals surface area (Å²) in [7, 11) is 0. The largest absolute Gasteiger partial charge is 0.378 e. The molecular formula is C26H25BrN4O2. The first kappa shape index (κ1) is 22.8. The minimum absolute atomic E-state index is 0.0563. The lowest BCUT2D eigenvalue weighted by Crippen LogP contribution is -2.36. The Morgan fingerprint density at radius 2 is 1.70 bits per heavy atom. The van der Waals surface area contributed by atoms with Crippen LogP contribution in [0.1, 0.15) is 17.0 Å². The highest BCUT2D eigenvalue weighted by Gasteiger charge is 2.15. The highest BCUT2D eigenvalue weighted by Crippen LogP contribution is 2.25. The van der Waals surface area contributed by atoms with Gasteiger partial charge >= 0.3 is 0 Å². The van der Waals surface area contributed by atoms with E-state index in [1.54, 1.807) is 18.2 Å². The third kappa shape index (κ3) is 5.19. The summed E-state index contributed by atoms with van der Waals surface area (Å²) >= 11 is 3.37. The number of carbonyl (C=O) groups excluding carboxylic acids is 1. The topological polar surface area (TPSA) is 70.3 Å². The molecule has 1 saturated heterocycles. The lowest BCUT2D eigenvalue weighted by molar-refractivity contribution is -0.112. The molecule has 168 valence electrons. The minimum atomic E-state index is -0.431. The van der Waals surface area contributed by atoms with E-state index in [0.717, 1.165) is 53.4 Å². The summed E-state index contributed by atoms with van der Waals surface area (Å²) in [4.78, 5) is 15.0. The third-order valence-electron chi connectivity index (χ3n) is 5.72. The maximum atomic E-state index is 12.7. The van der Waals surface area contributed by atoms with Gasteiger partial charge in [-0.1, -0.05) is 15.9 Å². The Balaban J connectivity index is 1.57. The molecule has 0 spiro atoms. The van der Waals surface area contributed by atoms with Gasteiger partial charge in [-0.2, -0.15) is 5.26 Å². The maximum absolute atomic E-state index is 12.7. The summed E-state index contributed by atoms with van der Waals surface area (Å²) in [5, 5.41) is 12.4. The Bertz CT molecular complexity index is 1210. The second-order valence-corrected chi connectivity index (χ2v) is 8.82. The van der Waals surface area contributed by atoms with Crippen LogP contribution < -0.4 is 10.2 Å². The number of aromatic nitrogens is 1. The fourth-order valence-electron chi connectivity index (χ4n) is 4.00. The van der Waals surface area contributed by atoms with Crippen LogP contribution in [0, 0.1) is 25.2 Å². The van der Waals surface area contributed by atoms with Crippen LogP contribution in [0.3, 0.4) is 0 Å². The number of anilines is 2. The van der Waals surface area contributed by atoms with Crippen molar-refractivity contribution in [3.05, 3.63) is 81.6 Å². The van der Waals surface area contributed by atoms with E-state index in [1.807, 2.05) is 38.1 Å². The minimum Gasteiger partial charge on any atom is -0.378 e. The van der Waals surface area contributed by atoms with Gasteiger partial charge in [0.2, 0.25) is 0 Å². The van der Waals surface area contributed by atoms with Crippen molar-refractivity contribution in [3.63, 3.8) is 0 Å². The molecule has 0 radical (unpaired) electrons. The van der Waals surface area contributed by atoms with E-state index in [2.05, 4.69) is 55.0 Å². The number of nitrogens with one attached hydrogen (secondary N) is 1. The zero-order valence-corrected chi connectivity index (χ0v) is 20.2. The number of aryl methyl sites for hydroxylation is 1. The molecular weight excluding hydrogens is 480 g/mol. The normalized spacial score (nSPS) is 14.1. The quantitative estimate of drug-likeness (QED) is 0.381. The van der Waals surface area contributed by atoms with Gasteiger partial charge in [-0.25, -0.2) is 0 Å². The van der Waals surface area contributed by atoms with Gasteiger partial charge in [-0.15, -0.1) is 0 Å². The smallest absolute Gasteiger partial charge is 0.266 e. The van der Waals surface area contributed by atoms with E-state index < -0.39 is 5.91 Å². The van der Waals surface area contributed by atoms with Crippen molar-refractivity contribution in [2.24, 2.45) is 0 Å². The lowest BCUT2D eigenvalue weighted by Gasteiger charge is -2.29. The SMILES string of the molecule is Cc1cc(/C=C(/C#N)C(=O)Nc2ccc(Br)cc2)c(C)n1-c1ccc(N2CCOCC2)cc1. The second kappa shape index (κ2) is 10.1. The Labute approximate surface area is 202 Å². The molecule has 1 N–H and O–H groups in total. The molecule has 1 aliphatic rings. The van der Waals surface area contributed by atoms with Crippen LogP contribution in [-0.2, 0) is 9.53 Å². The number of rotatable bonds is 5. The van der Waals surface area contributed by atoms with E-state index >= 15 is 0 Å². The Morgan fingerprint density at radius 3 is 2.33 bits per heavy atom. The van der Waals surface area contributed by atoms with Crippen molar-refractivity contribution in [1.82, 2.24) is 4.57 Å². The number of hydrogen-bond donors (Lipinski definition) is 1. The molecule has 4 rings (SSSR count). The van der Waals surface area contributed by atoms with Crippen LogP contribution in [0.2, 0.25) is 0 Å². The predicted octanol–water partition coefficient (Wildman–Crippen LogP) is 5.24. The van der Waals surface area contributed by atoms with Gasteiger partial charge in [0, 0.05) is 46.0 Å². The molecule has 0 bridgehead atoms. The summed E-state index contributed by atoms with van der Waals surface area (Å²) < 4.78 is 8.49. The summed E-state index contributed by atoms with van der Waals surface area (Å²) in [6, 6.07) is 19.7. The van der Waals surface area contributed by atoms with Crippen molar-refractivity contribution < 1.29 is 9.53 Å². The van der Waals surface area contributed by atoms with Gasteiger partial charge in [-0.3, -0.25) is 4.79 Å². The molecule has 33 heavy (non-hydrogen) atoms. The van der Waals surface area contributed by atoms with Gasteiger partial charge in [0.15, 0.2) is 0 Å². The van der Waals surface area contributed by atoms with Crippen LogP contribution in [-0.4, -0.2) is 36.8 Å². The molecule has 1 amide bonds. The molecule has 2 aromatic carbocycles. The number of ether oxygens (including phenoxy) is 1. The monoisotopic (exact) mass is 504 g/mol. The number of hydrogen-bond acceptors (Lipinski definition) is 4. The number of nitriles is 1. The predicted molar refractivity (Wildman–Crippen MR) is 135 cm³/mol. The molecule has 1 aromatic heterocycles. The van der Waals surface area contributed by atoms with E-state index in [1.165, 1.54) is 5.69 Å². The number of nitrogens with zero attached hydrogens (tertiary/aromatic N) is 3. The molecule has 1 fully saturated rings. The fraction of sp³-hybridized carbons (Fsp3) is 0.231. The first-order valence-corrected chi connectivity index (χ1v) is 11.6. The van der Waals surface area contributed by atoms with E-state index in [4.69, 9.17) is 4.74 Å². The van der Waals surface area contributed by atoms with Gasteiger partial charge in [-0.05, 0) is 80.1 Å². The number of halogens is 1. The third-order valence-corrected chi connectivity index (χ3v) is 6.25. The molecule has 1 aliphatic heterocycles. The average molecular weight is 505 g/mol. The van der Waals surface area contributed by atoms with E-state index in [-0.39, 0.29) is 5.57 Å². The fourth-order valence-corrected chi connectivity index (χ4v) is 4.27. The molecule has 0 saturated carbocycles. The second-order valence-electron chi connectivity index (χ2n) is 7.91. The van der Waals surface area contributed by atoms with Crippen molar-refractivity contribution in [3.8, 4) is 11.8 Å². The summed E-state index contributed by atoms with van der Waals surface area (Å²) in [5.74, 6) is -0.431. The van der Waals surface area contributed by atoms with E-state index in [0.29, 0.717) is 5.69 Å². The van der Waals surface area contributed by atoms with Gasteiger partial charge in [0.05, 0.1) is 13.2 Å². The molecule has 7 heteroatoms. The summed E-state index contributed by atoms with van der Waals surface area (Å²) in [6.07, 6.45) is 1.65. The number of carbonyl (C=O) groups is 1. The highest BCUT2D eigenvalue weighted by atomic mass is 79.9. The number of amides is 1. The van der Waals surface area contributed by atoms with Crippen molar-refractivity contribution in [2.75, 3.05) is 36.5 Å². The van der Waals surface area contributed by atoms with Crippen molar-refractivity contribution in [1.29, 1.82) is 5.26 Å². The molecule has 0 unspecified atom stereocenters. The number of morpholine rings is 1. The summed E-state index contributed by atoms with van der Waals surface area (Å²) in [5.41, 5.74) is 5.75. The van der Waals surface area contributed by atoms with Gasteiger partial charge in [0.25, 0.3) is 5.91 Å². The highest BCUT2D eigenvalue weighted by molar-refractivity contribution is 9.10. The van der Waals surface area contributed by atoms with Crippen LogP contribution >= 0.6 is 15.9 Å². The molecule has 2 heterocycles. The first-order valence-electron chi connectivity index (χ1n) is 10.8. The average Bonchev–Trinajstić information content (AvgIpc) is 3.12. The zero-order valence-electron chi connectivity index (χ0n) is 18.6. The Hall–Kier alpha value is -3.34. The number of benzene rings is 2. The van der Waals surface area contributed by atoms with Gasteiger partial charge in [0.1, 0.15) is 11.6 Å². The van der Waals surface area contributed by atoms with Crippen LogP contribution in [0.25, 0.3) is 11.8 Å². The first-order chi connectivity index (χ1) is 16.0. The standard InChI is InChI=1S/C26H25BrN4O2/c1-18-15-20(16-21(17-28)26(32)29-23-5-3-22(27)4-6-23)19(2)31(18)25-9-7-24(8-10-25)30-11-13-33-14-12-30/h3-10,15-16H,11-14H2,1-2H3,(H,29,32)/b21-16-. The molecule has 3 aromatic rings. The lowest BCUT2D eigenvalue weighted by atomic mass is 10.1. The van der Waals surface area contributed by atoms with Crippen molar-refractivity contribution in [2.45, 2.75) is 13.8 Å². The summed E-state index contributed by atoms with van der Waals surface area (Å²) in [6.45, 7) is 7.32. The Kier molecular flexibility index (Phi) is 6.97. The van der Waals surface area contributed by atoms with Crippen molar-refractivity contribution >= 4 is 39.3 Å². The van der Waals surface area contributed by atoms with E-state index in [9.17, 15) is 10.1 Å². The zero-order chi connectivity index (χ0) is 23.4. The molecule has 0 aliphatic carbocycles.